The Morgan fingerprint density at radius 3 is 2.58 bits per heavy atom. The van der Waals surface area contributed by atoms with Crippen molar-refractivity contribution in [3.63, 3.8) is 0 Å². The van der Waals surface area contributed by atoms with E-state index < -0.39 is 12.1 Å². The minimum Gasteiger partial charge on any atom is -0.345 e. The second-order valence-electron chi connectivity index (χ2n) is 10.1. The Kier molecular flexibility index (Phi) is 7.99. The molecule has 2 aliphatic heterocycles. The maximum absolute atomic E-state index is 14.1. The van der Waals surface area contributed by atoms with Crippen LogP contribution in [-0.4, -0.2) is 76.8 Å². The van der Waals surface area contributed by atoms with E-state index in [0.29, 0.717) is 32.5 Å². The Hall–Kier alpha value is -3.37. The molecule has 2 unspecified atom stereocenters. The number of pyridine rings is 1. The molecule has 2 aliphatic rings. The van der Waals surface area contributed by atoms with E-state index in [2.05, 4.69) is 15.6 Å². The maximum Gasteiger partial charge on any atom is 0.246 e. The molecule has 0 bridgehead atoms. The van der Waals surface area contributed by atoms with Gasteiger partial charge in [0.05, 0.1) is 22.5 Å². The zero-order valence-corrected chi connectivity index (χ0v) is 22.6. The molecule has 3 aromatic rings. The van der Waals surface area contributed by atoms with E-state index in [4.69, 9.17) is 4.98 Å². The molecule has 38 heavy (non-hydrogen) atoms. The average Bonchev–Trinajstić information content (AvgIpc) is 3.63. The zero-order valence-electron chi connectivity index (χ0n) is 21.8. The Balaban J connectivity index is 1.43. The van der Waals surface area contributed by atoms with Crippen molar-refractivity contribution in [2.45, 2.75) is 50.7 Å². The van der Waals surface area contributed by atoms with Crippen molar-refractivity contribution in [1.82, 2.24) is 30.4 Å². The molecule has 9 nitrogen and oxygen atoms in total. The lowest BCUT2D eigenvalue weighted by molar-refractivity contribution is -0.140. The molecular formula is C28H34N6O3S. The van der Waals surface area contributed by atoms with E-state index in [1.165, 1.54) is 0 Å². The van der Waals surface area contributed by atoms with Crippen molar-refractivity contribution in [3.8, 4) is 11.3 Å². The summed E-state index contributed by atoms with van der Waals surface area (Å²) in [6.45, 7) is 3.59. The largest absolute Gasteiger partial charge is 0.345 e. The molecule has 3 atom stereocenters. The summed E-state index contributed by atoms with van der Waals surface area (Å²) in [4.78, 5) is 51.5. The Morgan fingerprint density at radius 1 is 1.11 bits per heavy atom. The number of thiazole rings is 1. The topological polar surface area (TPSA) is 108 Å². The van der Waals surface area contributed by atoms with Crippen LogP contribution >= 0.6 is 11.3 Å². The summed E-state index contributed by atoms with van der Waals surface area (Å²) < 4.78 is 1.04. The fraction of sp³-hybridized carbons (Fsp3) is 0.464. The van der Waals surface area contributed by atoms with Crippen LogP contribution in [0.15, 0.2) is 42.6 Å². The first-order valence-electron chi connectivity index (χ1n) is 13.3. The third-order valence-corrected chi connectivity index (χ3v) is 8.90. The number of hydrogen-bond donors (Lipinski definition) is 2. The van der Waals surface area contributed by atoms with Crippen molar-refractivity contribution in [2.75, 3.05) is 26.7 Å². The van der Waals surface area contributed by atoms with E-state index in [9.17, 15) is 14.4 Å². The molecule has 2 N–H and O–H groups in total. The van der Waals surface area contributed by atoms with Crippen molar-refractivity contribution in [3.05, 3.63) is 47.6 Å². The van der Waals surface area contributed by atoms with Crippen LogP contribution in [0, 0.1) is 5.92 Å². The highest BCUT2D eigenvalue weighted by atomic mass is 32.1. The van der Waals surface area contributed by atoms with Gasteiger partial charge in [-0.2, -0.15) is 0 Å². The van der Waals surface area contributed by atoms with Gasteiger partial charge in [0.15, 0.2) is 0 Å². The SMILES string of the molecule is CN[C@@H](C)C(=O)NC(C(=O)N1CCCC1c1nc2c(-c3ccccc3)nccc2s1)C1CCN(C=O)CC1. The van der Waals surface area contributed by atoms with E-state index in [1.807, 2.05) is 47.5 Å². The van der Waals surface area contributed by atoms with E-state index in [0.717, 1.165) is 45.7 Å². The molecule has 0 saturated carbocycles. The molecule has 1 aromatic carbocycles. The van der Waals surface area contributed by atoms with Crippen molar-refractivity contribution in [2.24, 2.45) is 5.92 Å². The third kappa shape index (κ3) is 5.28. The van der Waals surface area contributed by atoms with Gasteiger partial charge in [-0.1, -0.05) is 30.3 Å². The predicted molar refractivity (Wildman–Crippen MR) is 147 cm³/mol. The third-order valence-electron chi connectivity index (χ3n) is 7.78. The number of carbonyl (C=O) groups is 3. The van der Waals surface area contributed by atoms with Crippen LogP contribution in [-0.2, 0) is 14.4 Å². The van der Waals surface area contributed by atoms with Gasteiger partial charge in [-0.3, -0.25) is 19.4 Å². The highest BCUT2D eigenvalue weighted by molar-refractivity contribution is 7.18. The van der Waals surface area contributed by atoms with Gasteiger partial charge in [0, 0.05) is 31.4 Å². The van der Waals surface area contributed by atoms with Crippen LogP contribution in [0.5, 0.6) is 0 Å². The monoisotopic (exact) mass is 534 g/mol. The minimum atomic E-state index is -0.636. The summed E-state index contributed by atoms with van der Waals surface area (Å²) in [5.41, 5.74) is 2.71. The molecule has 200 valence electrons. The van der Waals surface area contributed by atoms with E-state index in [1.54, 1.807) is 30.2 Å². The first kappa shape index (κ1) is 26.2. The number of rotatable bonds is 8. The first-order chi connectivity index (χ1) is 18.5. The van der Waals surface area contributed by atoms with Crippen molar-refractivity contribution in [1.29, 1.82) is 0 Å². The molecule has 4 heterocycles. The van der Waals surface area contributed by atoms with Crippen LogP contribution in [0.2, 0.25) is 0 Å². The van der Waals surface area contributed by atoms with Gasteiger partial charge in [0.2, 0.25) is 18.2 Å². The lowest BCUT2D eigenvalue weighted by atomic mass is 9.88. The number of benzene rings is 1. The van der Waals surface area contributed by atoms with Crippen molar-refractivity contribution >= 4 is 39.8 Å². The Labute approximate surface area is 226 Å². The number of likely N-dealkylation sites (tertiary alicyclic amines) is 2. The number of likely N-dealkylation sites (N-methyl/N-ethyl adjacent to an activating group) is 1. The average molecular weight is 535 g/mol. The summed E-state index contributed by atoms with van der Waals surface area (Å²) in [5.74, 6) is -0.287. The second kappa shape index (κ2) is 11.6. The number of piperidine rings is 1. The van der Waals surface area contributed by atoms with Gasteiger partial charge >= 0.3 is 0 Å². The molecule has 3 amide bonds. The van der Waals surface area contributed by atoms with Crippen molar-refractivity contribution < 1.29 is 14.4 Å². The van der Waals surface area contributed by atoms with Crippen LogP contribution in [0.25, 0.3) is 21.5 Å². The number of nitrogens with zero attached hydrogens (tertiary/aromatic N) is 4. The highest BCUT2D eigenvalue weighted by Gasteiger charge is 2.40. The number of hydrogen-bond acceptors (Lipinski definition) is 7. The van der Waals surface area contributed by atoms with E-state index in [-0.39, 0.29) is 23.8 Å². The lowest BCUT2D eigenvalue weighted by Crippen LogP contribution is -2.56. The number of carbonyl (C=O) groups excluding carboxylic acids is 3. The molecule has 2 saturated heterocycles. The fourth-order valence-electron chi connectivity index (χ4n) is 5.44. The summed E-state index contributed by atoms with van der Waals surface area (Å²) in [7, 11) is 1.73. The predicted octanol–water partition coefficient (Wildman–Crippen LogP) is 2.98. The highest BCUT2D eigenvalue weighted by Crippen LogP contribution is 2.39. The minimum absolute atomic E-state index is 0.0304. The standard InChI is InChI=1S/C28H34N6O3S/c1-18(29-2)26(36)31-24(20-11-15-33(17-35)16-12-20)28(37)34-14-6-9-21(34)27-32-25-22(38-27)10-13-30-23(25)19-7-4-3-5-8-19/h3-5,7-8,10,13,17-18,20-21,24,29H,6,9,11-12,14-16H2,1-2H3,(H,31,36)/t18-,21?,24?/m0/s1. The lowest BCUT2D eigenvalue weighted by Gasteiger charge is -2.37. The molecule has 0 radical (unpaired) electrons. The van der Waals surface area contributed by atoms with Crippen LogP contribution in [0.3, 0.4) is 0 Å². The zero-order chi connectivity index (χ0) is 26.6. The van der Waals surface area contributed by atoms with Crippen LogP contribution in [0.4, 0.5) is 0 Å². The van der Waals surface area contributed by atoms with Gasteiger partial charge in [-0.25, -0.2) is 4.98 Å². The van der Waals surface area contributed by atoms with Gasteiger partial charge in [0.1, 0.15) is 16.6 Å². The number of amides is 3. The summed E-state index contributed by atoms with van der Waals surface area (Å²) in [6.07, 6.45) is 5.73. The molecule has 5 rings (SSSR count). The van der Waals surface area contributed by atoms with Gasteiger partial charge < -0.3 is 20.4 Å². The number of aromatic nitrogens is 2. The molecule has 0 aliphatic carbocycles. The Bertz CT molecular complexity index is 1290. The van der Waals surface area contributed by atoms with E-state index >= 15 is 0 Å². The summed E-state index contributed by atoms with van der Waals surface area (Å²) in [6, 6.07) is 10.8. The van der Waals surface area contributed by atoms with Gasteiger partial charge in [-0.15, -0.1) is 11.3 Å². The molecule has 0 spiro atoms. The number of fused-ring (bicyclic) bond motifs is 1. The van der Waals surface area contributed by atoms with Crippen LogP contribution in [0.1, 0.15) is 43.7 Å². The maximum atomic E-state index is 14.1. The van der Waals surface area contributed by atoms with Crippen LogP contribution < -0.4 is 10.6 Å². The molecule has 2 aromatic heterocycles. The molecule has 10 heteroatoms. The fourth-order valence-corrected chi connectivity index (χ4v) is 6.55. The Morgan fingerprint density at radius 2 is 1.87 bits per heavy atom. The molecular weight excluding hydrogens is 500 g/mol. The number of nitrogens with one attached hydrogen (secondary N) is 2. The first-order valence-corrected chi connectivity index (χ1v) is 14.1. The van der Waals surface area contributed by atoms with Gasteiger partial charge in [0.25, 0.3) is 0 Å². The summed E-state index contributed by atoms with van der Waals surface area (Å²) >= 11 is 1.61. The molecule has 2 fully saturated rings. The summed E-state index contributed by atoms with van der Waals surface area (Å²) in [5, 5.41) is 6.91. The normalized spacial score (nSPS) is 19.9. The van der Waals surface area contributed by atoms with Gasteiger partial charge in [-0.05, 0) is 51.6 Å². The smallest absolute Gasteiger partial charge is 0.246 e. The quantitative estimate of drug-likeness (QED) is 0.431. The second-order valence-corrected chi connectivity index (χ2v) is 11.2.